The molecule has 1 aliphatic carbocycles. The van der Waals surface area contributed by atoms with Gasteiger partial charge < -0.3 is 20.1 Å². The minimum Gasteiger partial charge on any atom is -0.462 e. The normalized spacial score (nSPS) is 15.8. The number of nitrogens with one attached hydrogen (secondary N) is 2. The van der Waals surface area contributed by atoms with Gasteiger partial charge in [0.1, 0.15) is 11.5 Å². The molecule has 178 valence electrons. The number of hydrogen-bond donors (Lipinski definition) is 2. The standard InChI is InChI=1S/C23H28N2O6S2/c1-5-30-23(29)19-15-8-6-12(2)10-17(15)33-22(19)25-20(27)14(4)31-18(26)11-24-21(28)16-9-7-13(3)32-16/h7,9,12,14H,5-6,8,10-11H2,1-4H3,(H,24,28)(H,25,27). The molecule has 0 radical (unpaired) electrons. The first-order valence-corrected chi connectivity index (χ1v) is 12.5. The Morgan fingerprint density at radius 3 is 2.64 bits per heavy atom. The first-order valence-electron chi connectivity index (χ1n) is 10.9. The Balaban J connectivity index is 1.61. The maximum Gasteiger partial charge on any atom is 0.341 e. The highest BCUT2D eigenvalue weighted by atomic mass is 32.1. The summed E-state index contributed by atoms with van der Waals surface area (Å²) >= 11 is 2.69. The Bertz CT molecular complexity index is 1060. The molecule has 2 amide bonds. The zero-order chi connectivity index (χ0) is 24.1. The lowest BCUT2D eigenvalue weighted by molar-refractivity contribution is -0.152. The Kier molecular flexibility index (Phi) is 8.25. The van der Waals surface area contributed by atoms with Crippen molar-refractivity contribution in [2.45, 2.75) is 53.1 Å². The summed E-state index contributed by atoms with van der Waals surface area (Å²) in [6.07, 6.45) is 1.46. The molecule has 0 spiro atoms. The predicted octanol–water partition coefficient (Wildman–Crippen LogP) is 3.72. The molecular weight excluding hydrogens is 464 g/mol. The summed E-state index contributed by atoms with van der Waals surface area (Å²) in [7, 11) is 0. The predicted molar refractivity (Wildman–Crippen MR) is 127 cm³/mol. The molecule has 2 heterocycles. The van der Waals surface area contributed by atoms with E-state index in [0.29, 0.717) is 21.4 Å². The van der Waals surface area contributed by atoms with Crippen LogP contribution in [0, 0.1) is 12.8 Å². The number of esters is 2. The third-order valence-corrected chi connectivity index (χ3v) is 7.43. The number of carbonyl (C=O) groups is 4. The third kappa shape index (κ3) is 6.20. The second-order valence-electron chi connectivity index (χ2n) is 7.99. The second-order valence-corrected chi connectivity index (χ2v) is 10.4. The van der Waals surface area contributed by atoms with Crippen LogP contribution in [0.25, 0.3) is 0 Å². The van der Waals surface area contributed by atoms with Crippen molar-refractivity contribution in [3.63, 3.8) is 0 Å². The largest absolute Gasteiger partial charge is 0.462 e. The monoisotopic (exact) mass is 492 g/mol. The third-order valence-electron chi connectivity index (χ3n) is 5.26. The van der Waals surface area contributed by atoms with Crippen molar-refractivity contribution in [2.24, 2.45) is 5.92 Å². The van der Waals surface area contributed by atoms with E-state index in [1.165, 1.54) is 29.6 Å². The van der Waals surface area contributed by atoms with Gasteiger partial charge in [0.05, 0.1) is 17.0 Å². The average molecular weight is 493 g/mol. The highest BCUT2D eigenvalue weighted by Gasteiger charge is 2.30. The molecule has 0 bridgehead atoms. The molecule has 2 aromatic heterocycles. The number of carbonyl (C=O) groups excluding carboxylic acids is 4. The molecule has 10 heteroatoms. The van der Waals surface area contributed by atoms with Crippen LogP contribution < -0.4 is 10.6 Å². The van der Waals surface area contributed by atoms with E-state index in [-0.39, 0.29) is 19.1 Å². The van der Waals surface area contributed by atoms with Crippen molar-refractivity contribution >= 4 is 51.4 Å². The van der Waals surface area contributed by atoms with Gasteiger partial charge in [-0.05, 0) is 63.6 Å². The molecule has 0 fully saturated rings. The van der Waals surface area contributed by atoms with Gasteiger partial charge in [-0.2, -0.15) is 0 Å². The fraction of sp³-hybridized carbons (Fsp3) is 0.478. The highest BCUT2D eigenvalue weighted by molar-refractivity contribution is 7.17. The Labute approximate surface area is 200 Å². The summed E-state index contributed by atoms with van der Waals surface area (Å²) in [6.45, 7) is 7.10. The van der Waals surface area contributed by atoms with Gasteiger partial charge in [-0.25, -0.2) is 4.79 Å². The Hall–Kier alpha value is -2.72. The van der Waals surface area contributed by atoms with Gasteiger partial charge in [-0.1, -0.05) is 6.92 Å². The molecular formula is C23H28N2O6S2. The average Bonchev–Trinajstić information content (AvgIpc) is 3.34. The van der Waals surface area contributed by atoms with E-state index in [2.05, 4.69) is 17.6 Å². The van der Waals surface area contributed by atoms with Crippen molar-refractivity contribution < 1.29 is 28.7 Å². The molecule has 3 rings (SSSR count). The van der Waals surface area contributed by atoms with E-state index in [1.807, 2.05) is 13.0 Å². The van der Waals surface area contributed by atoms with Crippen molar-refractivity contribution in [3.8, 4) is 0 Å². The summed E-state index contributed by atoms with van der Waals surface area (Å²) in [5.41, 5.74) is 1.33. The molecule has 0 aromatic carbocycles. The lowest BCUT2D eigenvalue weighted by Gasteiger charge is -2.18. The van der Waals surface area contributed by atoms with Gasteiger partial charge in [0, 0.05) is 9.75 Å². The smallest absolute Gasteiger partial charge is 0.341 e. The number of ether oxygens (including phenoxy) is 2. The Morgan fingerprint density at radius 2 is 1.97 bits per heavy atom. The van der Waals surface area contributed by atoms with Gasteiger partial charge in [0.15, 0.2) is 6.10 Å². The molecule has 0 aliphatic heterocycles. The van der Waals surface area contributed by atoms with Gasteiger partial charge in [0.25, 0.3) is 11.8 Å². The lowest BCUT2D eigenvalue weighted by Crippen LogP contribution is -2.35. The molecule has 8 nitrogen and oxygen atoms in total. The van der Waals surface area contributed by atoms with Crippen LogP contribution in [0.15, 0.2) is 12.1 Å². The summed E-state index contributed by atoms with van der Waals surface area (Å²) in [4.78, 5) is 52.0. The van der Waals surface area contributed by atoms with Crippen LogP contribution in [0.1, 0.15) is 62.5 Å². The number of thiophene rings is 2. The lowest BCUT2D eigenvalue weighted by atomic mass is 9.88. The fourth-order valence-electron chi connectivity index (χ4n) is 3.56. The molecule has 0 saturated heterocycles. The number of anilines is 1. The Morgan fingerprint density at radius 1 is 1.21 bits per heavy atom. The molecule has 33 heavy (non-hydrogen) atoms. The van der Waals surface area contributed by atoms with E-state index in [4.69, 9.17) is 9.47 Å². The van der Waals surface area contributed by atoms with Crippen LogP contribution in [-0.2, 0) is 31.9 Å². The summed E-state index contributed by atoms with van der Waals surface area (Å²) in [5.74, 6) is -1.62. The molecule has 2 aromatic rings. The SMILES string of the molecule is CCOC(=O)c1c(NC(=O)C(C)OC(=O)CNC(=O)c2ccc(C)s2)sc2c1CCC(C)C2. The molecule has 1 aliphatic rings. The quantitative estimate of drug-likeness (QED) is 0.544. The maximum absolute atomic E-state index is 12.7. The number of fused-ring (bicyclic) bond motifs is 1. The topological polar surface area (TPSA) is 111 Å². The first kappa shape index (κ1) is 24.9. The summed E-state index contributed by atoms with van der Waals surface area (Å²) in [6, 6.07) is 3.50. The fourth-order valence-corrected chi connectivity index (χ4v) is 5.75. The maximum atomic E-state index is 12.7. The number of amides is 2. The number of rotatable bonds is 8. The van der Waals surface area contributed by atoms with Crippen LogP contribution in [0.3, 0.4) is 0 Å². The van der Waals surface area contributed by atoms with Gasteiger partial charge >= 0.3 is 11.9 Å². The van der Waals surface area contributed by atoms with E-state index in [9.17, 15) is 19.2 Å². The highest BCUT2D eigenvalue weighted by Crippen LogP contribution is 2.40. The van der Waals surface area contributed by atoms with E-state index < -0.39 is 23.9 Å². The first-order chi connectivity index (χ1) is 15.7. The van der Waals surface area contributed by atoms with E-state index in [1.54, 1.807) is 13.0 Å². The zero-order valence-electron chi connectivity index (χ0n) is 19.1. The van der Waals surface area contributed by atoms with Crippen molar-refractivity contribution in [1.29, 1.82) is 0 Å². The minimum absolute atomic E-state index is 0.234. The number of hydrogen-bond acceptors (Lipinski definition) is 8. The van der Waals surface area contributed by atoms with Gasteiger partial charge in [-0.15, -0.1) is 22.7 Å². The summed E-state index contributed by atoms with van der Waals surface area (Å²) in [5, 5.41) is 5.64. The minimum atomic E-state index is -1.11. The van der Waals surface area contributed by atoms with Gasteiger partial charge in [0.2, 0.25) is 0 Å². The summed E-state index contributed by atoms with van der Waals surface area (Å²) < 4.78 is 10.4. The van der Waals surface area contributed by atoms with Crippen LogP contribution >= 0.6 is 22.7 Å². The molecule has 2 unspecified atom stereocenters. The van der Waals surface area contributed by atoms with Crippen LogP contribution in [0.4, 0.5) is 5.00 Å². The number of aryl methyl sites for hydroxylation is 1. The molecule has 2 N–H and O–H groups in total. The zero-order valence-corrected chi connectivity index (χ0v) is 20.7. The van der Waals surface area contributed by atoms with E-state index in [0.717, 1.165) is 34.6 Å². The van der Waals surface area contributed by atoms with E-state index >= 15 is 0 Å². The van der Waals surface area contributed by atoms with Crippen LogP contribution in [0.2, 0.25) is 0 Å². The van der Waals surface area contributed by atoms with Crippen LogP contribution in [-0.4, -0.2) is 43.0 Å². The van der Waals surface area contributed by atoms with Crippen molar-refractivity contribution in [2.75, 3.05) is 18.5 Å². The molecule has 0 saturated carbocycles. The molecule has 2 atom stereocenters. The van der Waals surface area contributed by atoms with Gasteiger partial charge in [-0.3, -0.25) is 14.4 Å². The van der Waals surface area contributed by atoms with Crippen molar-refractivity contribution in [1.82, 2.24) is 5.32 Å². The van der Waals surface area contributed by atoms with Crippen LogP contribution in [0.5, 0.6) is 0 Å². The van der Waals surface area contributed by atoms with Crippen molar-refractivity contribution in [3.05, 3.63) is 37.9 Å². The second kappa shape index (κ2) is 10.9.